The van der Waals surface area contributed by atoms with Crippen molar-refractivity contribution in [2.75, 3.05) is 20.3 Å². The molecule has 0 atom stereocenters. The number of ether oxygens (including phenoxy) is 1. The minimum absolute atomic E-state index is 0.440. The summed E-state index contributed by atoms with van der Waals surface area (Å²) in [5, 5.41) is 17.8. The van der Waals surface area contributed by atoms with Crippen LogP contribution >= 0.6 is 12.2 Å². The number of pyridine rings is 1. The number of aromatic nitrogens is 4. The summed E-state index contributed by atoms with van der Waals surface area (Å²) in [4.78, 5) is 2.33. The number of methoxy groups -OCH3 is 1. The standard InChI is InChI=1S/C21H28N6OS/c1-15-8-9-19-16(12-15)13-17(20-23-24-25-27(19)20)14-26(18-6-4-3-5-7-18)21(29)22-10-11-28-2/h8-9,12-13,18H,3-7,10-11,14H2,1-2H3,(H,22,29). The Morgan fingerprint density at radius 2 is 2.10 bits per heavy atom. The van der Waals surface area contributed by atoms with E-state index in [1.54, 1.807) is 7.11 Å². The van der Waals surface area contributed by atoms with Gasteiger partial charge in [0.2, 0.25) is 0 Å². The zero-order valence-electron chi connectivity index (χ0n) is 17.1. The summed E-state index contributed by atoms with van der Waals surface area (Å²) < 4.78 is 7.01. The Morgan fingerprint density at radius 3 is 2.90 bits per heavy atom. The third-order valence-electron chi connectivity index (χ3n) is 5.70. The van der Waals surface area contributed by atoms with Gasteiger partial charge >= 0.3 is 0 Å². The molecular formula is C21H28N6OS. The highest BCUT2D eigenvalue weighted by Gasteiger charge is 2.25. The van der Waals surface area contributed by atoms with Crippen LogP contribution < -0.4 is 5.32 Å². The van der Waals surface area contributed by atoms with Crippen LogP contribution in [0, 0.1) is 6.92 Å². The smallest absolute Gasteiger partial charge is 0.184 e. The second-order valence-electron chi connectivity index (χ2n) is 7.79. The molecule has 0 aliphatic heterocycles. The Hall–Kier alpha value is -2.32. The Balaban J connectivity index is 1.69. The summed E-state index contributed by atoms with van der Waals surface area (Å²) in [6.07, 6.45) is 6.14. The average molecular weight is 413 g/mol. The van der Waals surface area contributed by atoms with Gasteiger partial charge < -0.3 is 15.0 Å². The third-order valence-corrected chi connectivity index (χ3v) is 6.08. The van der Waals surface area contributed by atoms with E-state index < -0.39 is 0 Å². The molecule has 1 fully saturated rings. The quantitative estimate of drug-likeness (QED) is 0.492. The molecule has 3 aromatic rings. The van der Waals surface area contributed by atoms with E-state index in [0.29, 0.717) is 25.7 Å². The minimum atomic E-state index is 0.440. The molecule has 0 spiro atoms. The lowest BCUT2D eigenvalue weighted by molar-refractivity contribution is 0.199. The zero-order valence-corrected chi connectivity index (χ0v) is 17.9. The predicted octanol–water partition coefficient (Wildman–Crippen LogP) is 3.24. The molecule has 0 unspecified atom stereocenters. The van der Waals surface area contributed by atoms with E-state index in [4.69, 9.17) is 17.0 Å². The molecule has 1 aromatic carbocycles. The van der Waals surface area contributed by atoms with E-state index in [2.05, 4.69) is 56.9 Å². The van der Waals surface area contributed by atoms with Crippen molar-refractivity contribution in [3.63, 3.8) is 0 Å². The number of hydrogen-bond donors (Lipinski definition) is 1. The van der Waals surface area contributed by atoms with Crippen LogP contribution in [0.4, 0.5) is 0 Å². The second kappa shape index (κ2) is 9.00. The van der Waals surface area contributed by atoms with E-state index in [1.807, 2.05) is 4.52 Å². The predicted molar refractivity (Wildman–Crippen MR) is 118 cm³/mol. The van der Waals surface area contributed by atoms with Crippen molar-refractivity contribution < 1.29 is 4.74 Å². The molecule has 154 valence electrons. The topological polar surface area (TPSA) is 67.6 Å². The number of nitrogens with one attached hydrogen (secondary N) is 1. The van der Waals surface area contributed by atoms with Crippen molar-refractivity contribution in [1.29, 1.82) is 0 Å². The van der Waals surface area contributed by atoms with Gasteiger partial charge in [0.05, 0.1) is 12.1 Å². The summed E-state index contributed by atoms with van der Waals surface area (Å²) in [5.74, 6) is 0. The summed E-state index contributed by atoms with van der Waals surface area (Å²) in [6.45, 7) is 4.13. The first-order valence-electron chi connectivity index (χ1n) is 10.3. The molecule has 8 heteroatoms. The molecule has 0 radical (unpaired) electrons. The number of nitrogens with zero attached hydrogens (tertiary/aromatic N) is 5. The van der Waals surface area contributed by atoms with Crippen LogP contribution in [0.5, 0.6) is 0 Å². The first kappa shape index (κ1) is 20.0. The summed E-state index contributed by atoms with van der Waals surface area (Å²) >= 11 is 5.79. The fraction of sp³-hybridized carbons (Fsp3) is 0.524. The Bertz CT molecular complexity index is 997. The van der Waals surface area contributed by atoms with Crippen molar-refractivity contribution in [1.82, 2.24) is 30.3 Å². The van der Waals surface area contributed by atoms with Gasteiger partial charge in [0.1, 0.15) is 0 Å². The third kappa shape index (κ3) is 4.33. The molecule has 2 heterocycles. The second-order valence-corrected chi connectivity index (χ2v) is 8.18. The fourth-order valence-corrected chi connectivity index (χ4v) is 4.52. The maximum Gasteiger partial charge on any atom is 0.184 e. The van der Waals surface area contributed by atoms with Gasteiger partial charge in [-0.25, -0.2) is 0 Å². The number of thiocarbonyl (C=S) groups is 1. The van der Waals surface area contributed by atoms with Crippen LogP contribution in [0.25, 0.3) is 16.6 Å². The number of fused-ring (bicyclic) bond motifs is 3. The van der Waals surface area contributed by atoms with Gasteiger partial charge in [-0.2, -0.15) is 4.52 Å². The van der Waals surface area contributed by atoms with Gasteiger partial charge in [-0.3, -0.25) is 0 Å². The lowest BCUT2D eigenvalue weighted by Crippen LogP contribution is -2.47. The highest BCUT2D eigenvalue weighted by atomic mass is 32.1. The largest absolute Gasteiger partial charge is 0.383 e. The molecule has 0 bridgehead atoms. The fourth-order valence-electron chi connectivity index (χ4n) is 4.21. The maximum absolute atomic E-state index is 5.79. The van der Waals surface area contributed by atoms with Crippen LogP contribution in [0.15, 0.2) is 24.3 Å². The van der Waals surface area contributed by atoms with Crippen LogP contribution in [0.3, 0.4) is 0 Å². The molecule has 4 rings (SSSR count). The van der Waals surface area contributed by atoms with E-state index in [0.717, 1.165) is 27.2 Å². The first-order chi connectivity index (χ1) is 14.2. The molecule has 2 aromatic heterocycles. The molecule has 1 saturated carbocycles. The van der Waals surface area contributed by atoms with Gasteiger partial charge in [0.15, 0.2) is 10.8 Å². The van der Waals surface area contributed by atoms with Crippen LogP contribution in [-0.4, -0.2) is 56.4 Å². The molecule has 1 aliphatic carbocycles. The van der Waals surface area contributed by atoms with E-state index >= 15 is 0 Å². The van der Waals surface area contributed by atoms with Crippen molar-refractivity contribution in [2.45, 2.75) is 51.6 Å². The van der Waals surface area contributed by atoms with Crippen LogP contribution in [0.1, 0.15) is 43.2 Å². The van der Waals surface area contributed by atoms with Gasteiger partial charge in [-0.1, -0.05) is 30.9 Å². The summed E-state index contributed by atoms with van der Waals surface area (Å²) in [6, 6.07) is 9.00. The van der Waals surface area contributed by atoms with Crippen molar-refractivity contribution in [2.24, 2.45) is 0 Å². The van der Waals surface area contributed by atoms with E-state index in [-0.39, 0.29) is 0 Å². The van der Waals surface area contributed by atoms with E-state index in [9.17, 15) is 0 Å². The summed E-state index contributed by atoms with van der Waals surface area (Å²) in [5.41, 5.74) is 4.12. The Morgan fingerprint density at radius 1 is 1.28 bits per heavy atom. The summed E-state index contributed by atoms with van der Waals surface area (Å²) in [7, 11) is 1.70. The van der Waals surface area contributed by atoms with Crippen molar-refractivity contribution in [3.8, 4) is 0 Å². The molecule has 1 aliphatic rings. The minimum Gasteiger partial charge on any atom is -0.383 e. The number of aryl methyl sites for hydroxylation is 1. The molecular weight excluding hydrogens is 384 g/mol. The van der Waals surface area contributed by atoms with Crippen molar-refractivity contribution >= 4 is 33.9 Å². The SMILES string of the molecule is COCCNC(=S)N(Cc1cc2cc(C)ccc2n2nnnc12)C1CCCCC1. The molecule has 7 nitrogen and oxygen atoms in total. The number of hydrogen-bond acceptors (Lipinski definition) is 5. The normalized spacial score (nSPS) is 15.1. The highest BCUT2D eigenvalue weighted by molar-refractivity contribution is 7.80. The number of rotatable bonds is 6. The van der Waals surface area contributed by atoms with E-state index in [1.165, 1.54) is 37.7 Å². The Labute approximate surface area is 176 Å². The Kier molecular flexibility index (Phi) is 6.20. The number of benzene rings is 1. The average Bonchev–Trinajstić information content (AvgIpc) is 3.22. The number of tetrazole rings is 1. The zero-order chi connectivity index (χ0) is 20.2. The molecule has 1 N–H and O–H groups in total. The molecule has 0 saturated heterocycles. The monoisotopic (exact) mass is 412 g/mol. The molecule has 29 heavy (non-hydrogen) atoms. The van der Waals surface area contributed by atoms with Crippen molar-refractivity contribution in [3.05, 3.63) is 35.4 Å². The van der Waals surface area contributed by atoms with Crippen LogP contribution in [-0.2, 0) is 11.3 Å². The van der Waals surface area contributed by atoms with Gasteiger partial charge in [0.25, 0.3) is 0 Å². The lowest BCUT2D eigenvalue weighted by Gasteiger charge is -2.36. The van der Waals surface area contributed by atoms with Crippen LogP contribution in [0.2, 0.25) is 0 Å². The first-order valence-corrected chi connectivity index (χ1v) is 10.7. The molecule has 0 amide bonds. The van der Waals surface area contributed by atoms with Gasteiger partial charge in [0, 0.05) is 37.2 Å². The maximum atomic E-state index is 5.79. The highest BCUT2D eigenvalue weighted by Crippen LogP contribution is 2.27. The van der Waals surface area contributed by atoms with Gasteiger partial charge in [-0.05, 0) is 60.6 Å². The lowest BCUT2D eigenvalue weighted by atomic mass is 9.94. The van der Waals surface area contributed by atoms with Gasteiger partial charge in [-0.15, -0.1) is 5.10 Å².